The molecule has 0 aliphatic carbocycles. The molecular formula is C17H13ClIN3O3S. The Balaban J connectivity index is 1.76. The number of ether oxygens (including phenoxy) is 1. The normalized spacial score (nSPS) is 10.7. The number of halogens is 2. The summed E-state index contributed by atoms with van der Waals surface area (Å²) in [6, 6.07) is 8.81. The number of aryl methyl sites for hydroxylation is 1. The minimum absolute atomic E-state index is 0.0148. The molecule has 0 atom stereocenters. The Kier molecular flexibility index (Phi) is 6.05. The van der Waals surface area contributed by atoms with Gasteiger partial charge in [-0.1, -0.05) is 16.8 Å². The van der Waals surface area contributed by atoms with E-state index in [1.54, 1.807) is 30.5 Å². The van der Waals surface area contributed by atoms with Gasteiger partial charge in [0.25, 0.3) is 0 Å². The lowest BCUT2D eigenvalue weighted by atomic mass is 10.1. The second-order valence-corrected chi connectivity index (χ2v) is 8.30. The van der Waals surface area contributed by atoms with Gasteiger partial charge in [0, 0.05) is 16.4 Å². The molecular weight excluding hydrogens is 489 g/mol. The van der Waals surface area contributed by atoms with Crippen molar-refractivity contribution in [3.8, 4) is 5.69 Å². The topological polar surface area (TPSA) is 74.1 Å². The quantitative estimate of drug-likeness (QED) is 0.288. The van der Waals surface area contributed by atoms with Crippen LogP contribution < -0.4 is 0 Å². The number of hydrogen-bond donors (Lipinski definition) is 0. The van der Waals surface area contributed by atoms with Crippen LogP contribution in [0, 0.1) is 3.57 Å². The number of thiophene rings is 1. The zero-order valence-corrected chi connectivity index (χ0v) is 17.3. The number of methoxy groups -OCH3 is 1. The number of ketones is 1. The van der Waals surface area contributed by atoms with Crippen molar-refractivity contribution in [1.29, 1.82) is 0 Å². The Morgan fingerprint density at radius 3 is 2.81 bits per heavy atom. The van der Waals surface area contributed by atoms with Crippen molar-refractivity contribution in [2.75, 3.05) is 7.11 Å². The summed E-state index contributed by atoms with van der Waals surface area (Å²) in [5, 5.41) is 8.17. The summed E-state index contributed by atoms with van der Waals surface area (Å²) in [7, 11) is 1.33. The molecule has 0 unspecified atom stereocenters. The molecule has 0 aliphatic rings. The highest BCUT2D eigenvalue weighted by molar-refractivity contribution is 14.1. The molecule has 134 valence electrons. The van der Waals surface area contributed by atoms with Crippen LogP contribution in [0.2, 0.25) is 4.34 Å². The molecule has 0 amide bonds. The number of carbonyl (C=O) groups excluding carboxylic acids is 2. The van der Waals surface area contributed by atoms with Gasteiger partial charge in [-0.25, -0.2) is 9.48 Å². The van der Waals surface area contributed by atoms with Crippen molar-refractivity contribution in [1.82, 2.24) is 15.0 Å². The van der Waals surface area contributed by atoms with Crippen LogP contribution in [0.15, 0.2) is 36.5 Å². The third-order valence-corrected chi connectivity index (χ3v) is 5.55. The molecule has 26 heavy (non-hydrogen) atoms. The Hall–Kier alpha value is -1.78. The van der Waals surface area contributed by atoms with Gasteiger partial charge < -0.3 is 4.74 Å². The number of hydrogen-bond acceptors (Lipinski definition) is 6. The van der Waals surface area contributed by atoms with E-state index in [0.29, 0.717) is 39.0 Å². The van der Waals surface area contributed by atoms with Crippen molar-refractivity contribution in [3.63, 3.8) is 0 Å². The van der Waals surface area contributed by atoms with Crippen molar-refractivity contribution < 1.29 is 14.3 Å². The molecule has 2 aromatic heterocycles. The SMILES string of the molecule is COC(=O)c1cc(I)ccc1-n1cc(CCC(=O)c2ccc(Cl)s2)nn1. The summed E-state index contributed by atoms with van der Waals surface area (Å²) in [6.07, 6.45) is 2.47. The van der Waals surface area contributed by atoms with E-state index in [9.17, 15) is 9.59 Å². The van der Waals surface area contributed by atoms with Crippen LogP contribution in [0.25, 0.3) is 5.69 Å². The van der Waals surface area contributed by atoms with E-state index < -0.39 is 5.97 Å². The fourth-order valence-corrected chi connectivity index (χ4v) is 3.84. The maximum Gasteiger partial charge on any atom is 0.340 e. The van der Waals surface area contributed by atoms with E-state index in [2.05, 4.69) is 32.9 Å². The van der Waals surface area contributed by atoms with Crippen LogP contribution >= 0.6 is 45.5 Å². The van der Waals surface area contributed by atoms with Gasteiger partial charge >= 0.3 is 5.97 Å². The highest BCUT2D eigenvalue weighted by atomic mass is 127. The number of benzene rings is 1. The van der Waals surface area contributed by atoms with Crippen molar-refractivity contribution in [2.24, 2.45) is 0 Å². The second-order valence-electron chi connectivity index (χ2n) is 5.33. The lowest BCUT2D eigenvalue weighted by Crippen LogP contribution is -2.08. The fraction of sp³-hybridized carbons (Fsp3) is 0.176. The number of nitrogens with zero attached hydrogens (tertiary/aromatic N) is 3. The maximum atomic E-state index is 12.2. The molecule has 0 saturated carbocycles. The molecule has 0 aliphatic heterocycles. The minimum Gasteiger partial charge on any atom is -0.465 e. The van der Waals surface area contributed by atoms with Gasteiger partial charge in [0.2, 0.25) is 0 Å². The fourth-order valence-electron chi connectivity index (χ4n) is 2.34. The number of Topliss-reactive ketones (excluding diaryl/α,β-unsaturated/α-hetero) is 1. The summed E-state index contributed by atoms with van der Waals surface area (Å²) in [5.41, 5.74) is 1.64. The Morgan fingerprint density at radius 2 is 2.12 bits per heavy atom. The van der Waals surface area contributed by atoms with Crippen molar-refractivity contribution in [2.45, 2.75) is 12.8 Å². The molecule has 0 radical (unpaired) electrons. The van der Waals surface area contributed by atoms with Gasteiger partial charge in [-0.05, 0) is 52.9 Å². The maximum absolute atomic E-state index is 12.2. The first kappa shape index (κ1) is 19.0. The number of carbonyl (C=O) groups is 2. The van der Waals surface area contributed by atoms with Crippen LogP contribution in [-0.4, -0.2) is 33.9 Å². The van der Waals surface area contributed by atoms with Gasteiger partial charge in [-0.3, -0.25) is 4.79 Å². The zero-order valence-electron chi connectivity index (χ0n) is 13.6. The first-order chi connectivity index (χ1) is 12.5. The van der Waals surface area contributed by atoms with Crippen molar-refractivity contribution in [3.05, 3.63) is 60.6 Å². The average Bonchev–Trinajstić information content (AvgIpc) is 3.28. The molecule has 0 saturated heterocycles. The first-order valence-electron chi connectivity index (χ1n) is 7.56. The van der Waals surface area contributed by atoms with Crippen LogP contribution in [0.4, 0.5) is 0 Å². The van der Waals surface area contributed by atoms with E-state index in [0.717, 1.165) is 3.57 Å². The molecule has 0 fully saturated rings. The predicted molar refractivity (Wildman–Crippen MR) is 107 cm³/mol. The van der Waals surface area contributed by atoms with Gasteiger partial charge in [0.1, 0.15) is 0 Å². The zero-order chi connectivity index (χ0) is 18.7. The monoisotopic (exact) mass is 501 g/mol. The summed E-state index contributed by atoms with van der Waals surface area (Å²) in [4.78, 5) is 24.8. The third-order valence-electron chi connectivity index (χ3n) is 3.61. The number of rotatable bonds is 6. The Morgan fingerprint density at radius 1 is 1.31 bits per heavy atom. The highest BCUT2D eigenvalue weighted by Crippen LogP contribution is 2.23. The lowest BCUT2D eigenvalue weighted by molar-refractivity contribution is 0.0600. The molecule has 3 aromatic rings. The highest BCUT2D eigenvalue weighted by Gasteiger charge is 2.16. The predicted octanol–water partition coefficient (Wildman–Crippen LogP) is 4.19. The molecule has 3 rings (SSSR count). The number of aromatic nitrogens is 3. The van der Waals surface area contributed by atoms with E-state index in [-0.39, 0.29) is 5.78 Å². The van der Waals surface area contributed by atoms with Gasteiger partial charge in [-0.15, -0.1) is 16.4 Å². The van der Waals surface area contributed by atoms with Crippen LogP contribution in [0.3, 0.4) is 0 Å². The van der Waals surface area contributed by atoms with E-state index in [4.69, 9.17) is 16.3 Å². The summed E-state index contributed by atoms with van der Waals surface area (Å²) >= 11 is 9.25. The molecule has 1 aromatic carbocycles. The van der Waals surface area contributed by atoms with E-state index in [1.807, 2.05) is 6.07 Å². The van der Waals surface area contributed by atoms with E-state index >= 15 is 0 Å². The summed E-state index contributed by atoms with van der Waals surface area (Å²) in [6.45, 7) is 0. The second kappa shape index (κ2) is 8.28. The molecule has 0 spiro atoms. The third kappa shape index (κ3) is 4.30. The summed E-state index contributed by atoms with van der Waals surface area (Å²) < 4.78 is 7.85. The Labute approximate surface area is 172 Å². The Bertz CT molecular complexity index is 970. The first-order valence-corrected chi connectivity index (χ1v) is 9.83. The molecule has 9 heteroatoms. The van der Waals surface area contributed by atoms with Crippen LogP contribution in [-0.2, 0) is 11.2 Å². The molecule has 2 heterocycles. The molecule has 0 N–H and O–H groups in total. The average molecular weight is 502 g/mol. The number of esters is 1. The minimum atomic E-state index is -0.444. The van der Waals surface area contributed by atoms with Gasteiger partial charge in [-0.2, -0.15) is 0 Å². The standard InChI is InChI=1S/C17H13ClIN3O3S/c1-25-17(24)12-8-10(19)2-4-13(12)22-9-11(20-21-22)3-5-14(23)15-6-7-16(18)26-15/h2,4,6-9H,3,5H2,1H3. The van der Waals surface area contributed by atoms with Gasteiger partial charge in [0.05, 0.1) is 39.5 Å². The molecule has 6 nitrogen and oxygen atoms in total. The van der Waals surface area contributed by atoms with Crippen LogP contribution in [0.5, 0.6) is 0 Å². The largest absolute Gasteiger partial charge is 0.465 e. The van der Waals surface area contributed by atoms with Crippen LogP contribution in [0.1, 0.15) is 32.1 Å². The van der Waals surface area contributed by atoms with Crippen molar-refractivity contribution >= 4 is 57.3 Å². The van der Waals surface area contributed by atoms with Gasteiger partial charge in [0.15, 0.2) is 5.78 Å². The smallest absolute Gasteiger partial charge is 0.340 e. The van der Waals surface area contributed by atoms with E-state index in [1.165, 1.54) is 23.1 Å². The molecule has 0 bridgehead atoms. The lowest BCUT2D eigenvalue weighted by Gasteiger charge is -2.07. The summed E-state index contributed by atoms with van der Waals surface area (Å²) in [5.74, 6) is -0.429.